The Morgan fingerprint density at radius 3 is 2.46 bits per heavy atom. The minimum absolute atomic E-state index is 0.381. The molecule has 0 radical (unpaired) electrons. The molecule has 0 spiro atoms. The zero-order chi connectivity index (χ0) is 18.9. The lowest BCUT2D eigenvalue weighted by Crippen LogP contribution is -2.29. The van der Waals surface area contributed by atoms with Gasteiger partial charge >= 0.3 is 0 Å². The first-order valence-electron chi connectivity index (χ1n) is 7.32. The molecule has 2 heterocycles. The molecular formula is C17H11Cl4N3O2. The van der Waals surface area contributed by atoms with E-state index in [9.17, 15) is 4.79 Å². The zero-order valence-electron chi connectivity index (χ0n) is 13.3. The van der Waals surface area contributed by atoms with Crippen LogP contribution < -0.4 is 5.32 Å². The predicted octanol–water partition coefficient (Wildman–Crippen LogP) is 5.84. The van der Waals surface area contributed by atoms with Crippen molar-refractivity contribution < 1.29 is 9.32 Å². The third-order valence-electron chi connectivity index (χ3n) is 3.40. The van der Waals surface area contributed by atoms with Crippen molar-refractivity contribution in [1.82, 2.24) is 10.1 Å². The van der Waals surface area contributed by atoms with Crippen LogP contribution in [0.4, 0.5) is 5.69 Å². The topological polar surface area (TPSA) is 68.0 Å². The molecule has 0 aliphatic rings. The summed E-state index contributed by atoms with van der Waals surface area (Å²) in [6.45, 7) is 1.38. The second-order valence-electron chi connectivity index (χ2n) is 5.45. The Morgan fingerprint density at radius 1 is 1.12 bits per heavy atom. The fourth-order valence-electron chi connectivity index (χ4n) is 2.14. The van der Waals surface area contributed by atoms with Crippen molar-refractivity contribution in [2.45, 2.75) is 11.3 Å². The first kappa shape index (κ1) is 19.0. The SMILES string of the molecule is CC(Cl)(Cl)C(=O)Nc1ccnc(-c2cc(-c3c(Cl)cccc3Cl)no2)c1. The molecule has 3 rings (SSSR count). The van der Waals surface area contributed by atoms with Crippen molar-refractivity contribution >= 4 is 58.0 Å². The van der Waals surface area contributed by atoms with E-state index in [1.165, 1.54) is 13.1 Å². The van der Waals surface area contributed by atoms with Crippen molar-refractivity contribution in [2.75, 3.05) is 5.32 Å². The summed E-state index contributed by atoms with van der Waals surface area (Å²) < 4.78 is 3.80. The molecule has 0 fully saturated rings. The van der Waals surface area contributed by atoms with Gasteiger partial charge in [0, 0.05) is 23.5 Å². The Kier molecular flexibility index (Phi) is 5.44. The quantitative estimate of drug-likeness (QED) is 0.527. The van der Waals surface area contributed by atoms with Crippen molar-refractivity contribution in [3.63, 3.8) is 0 Å². The van der Waals surface area contributed by atoms with E-state index in [-0.39, 0.29) is 0 Å². The second-order valence-corrected chi connectivity index (χ2v) is 7.97. The lowest BCUT2D eigenvalue weighted by atomic mass is 10.1. The Hall–Kier alpha value is -1.79. The zero-order valence-corrected chi connectivity index (χ0v) is 16.3. The lowest BCUT2D eigenvalue weighted by molar-refractivity contribution is -0.116. The standard InChI is InChI=1S/C17H11Cl4N3O2/c1-17(20,21)16(25)23-9-5-6-22-12(7-9)14-8-13(24-26-14)15-10(18)3-2-4-11(15)19/h2-8H,1H3,(H,22,23,25). The second kappa shape index (κ2) is 7.45. The molecule has 134 valence electrons. The molecule has 1 amide bonds. The van der Waals surface area contributed by atoms with Crippen molar-refractivity contribution in [3.8, 4) is 22.7 Å². The molecule has 5 nitrogen and oxygen atoms in total. The number of pyridine rings is 1. The van der Waals surface area contributed by atoms with Gasteiger partial charge in [0.1, 0.15) is 11.4 Å². The van der Waals surface area contributed by atoms with E-state index in [0.717, 1.165) is 0 Å². The number of benzene rings is 1. The third-order valence-corrected chi connectivity index (χ3v) is 4.37. The van der Waals surface area contributed by atoms with Crippen LogP contribution in [0.5, 0.6) is 0 Å². The predicted molar refractivity (Wildman–Crippen MR) is 104 cm³/mol. The molecule has 0 unspecified atom stereocenters. The number of halogens is 4. The fraction of sp³-hybridized carbons (Fsp3) is 0.118. The van der Waals surface area contributed by atoms with E-state index in [4.69, 9.17) is 50.9 Å². The molecule has 2 aromatic heterocycles. The first-order chi connectivity index (χ1) is 12.3. The van der Waals surface area contributed by atoms with Gasteiger partial charge in [-0.25, -0.2) is 0 Å². The number of alkyl halides is 2. The Bertz CT molecular complexity index is 946. The van der Waals surface area contributed by atoms with E-state index >= 15 is 0 Å². The van der Waals surface area contributed by atoms with Gasteiger partial charge in [0.15, 0.2) is 10.1 Å². The molecular weight excluding hydrogens is 420 g/mol. The molecule has 0 aliphatic heterocycles. The van der Waals surface area contributed by atoms with Gasteiger partial charge in [0.25, 0.3) is 5.91 Å². The summed E-state index contributed by atoms with van der Waals surface area (Å²) in [6.07, 6.45) is 1.51. The van der Waals surface area contributed by atoms with E-state index < -0.39 is 10.2 Å². The van der Waals surface area contributed by atoms with Gasteiger partial charge in [-0.05, 0) is 31.2 Å². The van der Waals surface area contributed by atoms with Crippen LogP contribution in [0.15, 0.2) is 47.1 Å². The Morgan fingerprint density at radius 2 is 1.81 bits per heavy atom. The summed E-state index contributed by atoms with van der Waals surface area (Å²) in [6, 6.07) is 10.0. The highest BCUT2D eigenvalue weighted by molar-refractivity contribution is 6.58. The summed E-state index contributed by atoms with van der Waals surface area (Å²) >= 11 is 23.9. The van der Waals surface area contributed by atoms with Crippen LogP contribution in [0.2, 0.25) is 10.0 Å². The van der Waals surface area contributed by atoms with Crippen molar-refractivity contribution in [1.29, 1.82) is 0 Å². The van der Waals surface area contributed by atoms with Crippen molar-refractivity contribution in [2.24, 2.45) is 0 Å². The molecule has 0 aliphatic carbocycles. The molecule has 26 heavy (non-hydrogen) atoms. The molecule has 0 atom stereocenters. The van der Waals surface area contributed by atoms with E-state index in [2.05, 4.69) is 15.5 Å². The minimum Gasteiger partial charge on any atom is -0.354 e. The van der Waals surface area contributed by atoms with Gasteiger partial charge in [-0.2, -0.15) is 0 Å². The van der Waals surface area contributed by atoms with Gasteiger partial charge in [-0.3, -0.25) is 9.78 Å². The number of carbonyl (C=O) groups is 1. The maximum absolute atomic E-state index is 11.9. The smallest absolute Gasteiger partial charge is 0.260 e. The number of nitrogens with zero attached hydrogens (tertiary/aromatic N) is 2. The molecule has 1 N–H and O–H groups in total. The number of hydrogen-bond donors (Lipinski definition) is 1. The molecule has 1 aromatic carbocycles. The normalized spacial score (nSPS) is 11.4. The van der Waals surface area contributed by atoms with Crippen LogP contribution >= 0.6 is 46.4 Å². The van der Waals surface area contributed by atoms with Crippen LogP contribution in [-0.2, 0) is 4.79 Å². The highest BCUT2D eigenvalue weighted by Gasteiger charge is 2.27. The Balaban J connectivity index is 1.91. The molecule has 0 bridgehead atoms. The summed E-state index contributed by atoms with van der Waals surface area (Å²) in [7, 11) is 0. The monoisotopic (exact) mass is 429 g/mol. The number of aromatic nitrogens is 2. The molecule has 0 saturated heterocycles. The van der Waals surface area contributed by atoms with Gasteiger partial charge in [-0.15, -0.1) is 0 Å². The first-order valence-corrected chi connectivity index (χ1v) is 8.83. The lowest BCUT2D eigenvalue weighted by Gasteiger charge is -2.13. The summed E-state index contributed by atoms with van der Waals surface area (Å²) in [4.78, 5) is 16.1. The highest BCUT2D eigenvalue weighted by Crippen LogP contribution is 2.35. The summed E-state index contributed by atoms with van der Waals surface area (Å²) in [5.74, 6) is -0.175. The number of rotatable bonds is 4. The average molecular weight is 431 g/mol. The van der Waals surface area contributed by atoms with Crippen LogP contribution in [0.1, 0.15) is 6.92 Å². The number of nitrogens with one attached hydrogen (secondary N) is 1. The van der Waals surface area contributed by atoms with Crippen LogP contribution in [0.25, 0.3) is 22.7 Å². The van der Waals surface area contributed by atoms with Crippen LogP contribution in [0.3, 0.4) is 0 Å². The Labute approximate surface area is 169 Å². The van der Waals surface area contributed by atoms with Gasteiger partial charge in [0.05, 0.1) is 10.0 Å². The average Bonchev–Trinajstić information content (AvgIpc) is 3.04. The van der Waals surface area contributed by atoms with Gasteiger partial charge in [0.2, 0.25) is 0 Å². The number of anilines is 1. The number of carbonyl (C=O) groups excluding carboxylic acids is 1. The number of hydrogen-bond acceptors (Lipinski definition) is 4. The third kappa shape index (κ3) is 4.13. The van der Waals surface area contributed by atoms with Crippen molar-refractivity contribution in [3.05, 3.63) is 52.6 Å². The molecule has 9 heteroatoms. The van der Waals surface area contributed by atoms with E-state index in [1.54, 1.807) is 36.4 Å². The van der Waals surface area contributed by atoms with Crippen LogP contribution in [-0.4, -0.2) is 20.4 Å². The van der Waals surface area contributed by atoms with E-state index in [1.807, 2.05) is 0 Å². The maximum atomic E-state index is 11.9. The minimum atomic E-state index is -1.55. The van der Waals surface area contributed by atoms with E-state index in [0.29, 0.717) is 38.4 Å². The molecule has 3 aromatic rings. The summed E-state index contributed by atoms with van der Waals surface area (Å²) in [5, 5.41) is 7.51. The number of amides is 1. The van der Waals surface area contributed by atoms with Crippen LogP contribution in [0, 0.1) is 0 Å². The van der Waals surface area contributed by atoms with Gasteiger partial charge < -0.3 is 9.84 Å². The molecule has 0 saturated carbocycles. The fourth-order valence-corrected chi connectivity index (χ4v) is 2.83. The van der Waals surface area contributed by atoms with Gasteiger partial charge in [-0.1, -0.05) is 57.6 Å². The largest absolute Gasteiger partial charge is 0.354 e. The highest BCUT2D eigenvalue weighted by atomic mass is 35.5. The summed E-state index contributed by atoms with van der Waals surface area (Å²) in [5.41, 5.74) is 1.95. The maximum Gasteiger partial charge on any atom is 0.260 e.